The van der Waals surface area contributed by atoms with Crippen LogP contribution in [-0.2, 0) is 0 Å². The van der Waals surface area contributed by atoms with Gasteiger partial charge in [-0.1, -0.05) is 23.2 Å². The van der Waals surface area contributed by atoms with E-state index in [4.69, 9.17) is 23.2 Å². The highest BCUT2D eigenvalue weighted by atomic mass is 35.5. The molecule has 0 spiro atoms. The lowest BCUT2D eigenvalue weighted by molar-refractivity contribution is 0.111. The molecule has 0 saturated heterocycles. The summed E-state index contributed by atoms with van der Waals surface area (Å²) in [6.07, 6.45) is 0.493. The molecule has 0 atom stereocenters. The number of benzene rings is 1. The van der Waals surface area contributed by atoms with E-state index < -0.39 is 5.95 Å². The van der Waals surface area contributed by atoms with Gasteiger partial charge in [0.1, 0.15) is 5.69 Å². The van der Waals surface area contributed by atoms with Crippen LogP contribution in [0.1, 0.15) is 10.5 Å². The molecule has 0 amide bonds. The number of carbonyl (C=O) groups is 1. The summed E-state index contributed by atoms with van der Waals surface area (Å²) in [6.45, 7) is 0. The summed E-state index contributed by atoms with van der Waals surface area (Å²) in [5.41, 5.74) is 1.13. The number of halogens is 3. The number of hydrogen-bond acceptors (Lipinski definition) is 2. The number of rotatable bonds is 2. The molecule has 2 nitrogen and oxygen atoms in total. The molecule has 0 saturated carbocycles. The Morgan fingerprint density at radius 3 is 2.35 bits per heavy atom. The number of carbonyl (C=O) groups excluding carboxylic acids is 1. The van der Waals surface area contributed by atoms with Gasteiger partial charge in [0.05, 0.1) is 0 Å². The van der Waals surface area contributed by atoms with Crippen molar-refractivity contribution in [2.45, 2.75) is 0 Å². The highest BCUT2D eigenvalue weighted by molar-refractivity contribution is 6.35. The Morgan fingerprint density at radius 2 is 1.76 bits per heavy atom. The molecule has 2 aromatic rings. The molecule has 5 heteroatoms. The van der Waals surface area contributed by atoms with E-state index in [1.165, 1.54) is 12.1 Å². The molecule has 17 heavy (non-hydrogen) atoms. The van der Waals surface area contributed by atoms with Crippen LogP contribution in [0, 0.1) is 5.95 Å². The maximum Gasteiger partial charge on any atom is 0.213 e. The van der Waals surface area contributed by atoms with Gasteiger partial charge in [0.15, 0.2) is 6.29 Å². The zero-order valence-corrected chi connectivity index (χ0v) is 9.97. The standard InChI is InChI=1S/C12H6Cl2FNO/c13-8-3-7(4-9(14)5-8)10-1-2-12(15)16-11(10)6-17/h1-6H. The average molecular weight is 270 g/mol. The molecule has 0 bridgehead atoms. The van der Waals surface area contributed by atoms with Crippen molar-refractivity contribution in [2.24, 2.45) is 0 Å². The lowest BCUT2D eigenvalue weighted by atomic mass is 10.0. The van der Waals surface area contributed by atoms with E-state index in [-0.39, 0.29) is 5.69 Å². The first kappa shape index (κ1) is 12.0. The predicted molar refractivity (Wildman–Crippen MR) is 65.0 cm³/mol. The fraction of sp³-hybridized carbons (Fsp3) is 0. The summed E-state index contributed by atoms with van der Waals surface area (Å²) in [4.78, 5) is 14.3. The molecule has 0 unspecified atom stereocenters. The third-order valence-corrected chi connectivity index (χ3v) is 2.61. The van der Waals surface area contributed by atoms with E-state index in [9.17, 15) is 9.18 Å². The molecule has 86 valence electrons. The van der Waals surface area contributed by atoms with Crippen molar-refractivity contribution in [3.05, 3.63) is 52.0 Å². The van der Waals surface area contributed by atoms with E-state index in [0.29, 0.717) is 27.5 Å². The van der Waals surface area contributed by atoms with Gasteiger partial charge in [0, 0.05) is 15.6 Å². The van der Waals surface area contributed by atoms with Crippen molar-refractivity contribution in [3.8, 4) is 11.1 Å². The van der Waals surface area contributed by atoms with Gasteiger partial charge < -0.3 is 0 Å². The second-order valence-corrected chi connectivity index (χ2v) is 4.22. The Labute approximate surface area is 107 Å². The van der Waals surface area contributed by atoms with Crippen molar-refractivity contribution in [3.63, 3.8) is 0 Å². The normalized spacial score (nSPS) is 10.3. The van der Waals surface area contributed by atoms with Crippen LogP contribution in [0.5, 0.6) is 0 Å². The van der Waals surface area contributed by atoms with Gasteiger partial charge >= 0.3 is 0 Å². The van der Waals surface area contributed by atoms with Gasteiger partial charge in [0.2, 0.25) is 5.95 Å². The average Bonchev–Trinajstić information content (AvgIpc) is 2.27. The monoisotopic (exact) mass is 269 g/mol. The maximum absolute atomic E-state index is 12.9. The lowest BCUT2D eigenvalue weighted by Gasteiger charge is -2.05. The third kappa shape index (κ3) is 2.62. The summed E-state index contributed by atoms with van der Waals surface area (Å²) in [5, 5.41) is 0.877. The second-order valence-electron chi connectivity index (χ2n) is 3.34. The number of nitrogens with zero attached hydrogens (tertiary/aromatic N) is 1. The van der Waals surface area contributed by atoms with Gasteiger partial charge in [-0.05, 0) is 35.9 Å². The Morgan fingerprint density at radius 1 is 1.12 bits per heavy atom. The van der Waals surface area contributed by atoms with Crippen LogP contribution in [-0.4, -0.2) is 11.3 Å². The fourth-order valence-electron chi connectivity index (χ4n) is 1.49. The highest BCUT2D eigenvalue weighted by Crippen LogP contribution is 2.28. The van der Waals surface area contributed by atoms with Crippen molar-refractivity contribution in [1.29, 1.82) is 0 Å². The van der Waals surface area contributed by atoms with Crippen molar-refractivity contribution in [1.82, 2.24) is 4.98 Å². The highest BCUT2D eigenvalue weighted by Gasteiger charge is 2.09. The van der Waals surface area contributed by atoms with E-state index in [1.54, 1.807) is 18.2 Å². The smallest absolute Gasteiger partial charge is 0.213 e. The van der Waals surface area contributed by atoms with Crippen LogP contribution < -0.4 is 0 Å². The van der Waals surface area contributed by atoms with Crippen molar-refractivity contribution in [2.75, 3.05) is 0 Å². The first-order valence-electron chi connectivity index (χ1n) is 4.68. The largest absolute Gasteiger partial charge is 0.296 e. The summed E-state index contributed by atoms with van der Waals surface area (Å²) in [7, 11) is 0. The molecule has 0 N–H and O–H groups in total. The molecular formula is C12H6Cl2FNO. The first-order valence-corrected chi connectivity index (χ1v) is 5.44. The molecule has 1 aromatic carbocycles. The Balaban J connectivity index is 2.63. The number of aromatic nitrogens is 1. The topological polar surface area (TPSA) is 30.0 Å². The molecule has 0 aliphatic carbocycles. The molecule has 1 aromatic heterocycles. The van der Waals surface area contributed by atoms with Gasteiger partial charge in [-0.15, -0.1) is 0 Å². The minimum atomic E-state index is -0.705. The van der Waals surface area contributed by atoms with Gasteiger partial charge in [-0.25, -0.2) is 4.98 Å². The Bertz CT molecular complexity index is 566. The number of aldehydes is 1. The minimum Gasteiger partial charge on any atom is -0.296 e. The van der Waals surface area contributed by atoms with Crippen LogP contribution >= 0.6 is 23.2 Å². The maximum atomic E-state index is 12.9. The fourth-order valence-corrected chi connectivity index (χ4v) is 2.02. The van der Waals surface area contributed by atoms with Gasteiger partial charge in [-0.3, -0.25) is 4.79 Å². The summed E-state index contributed by atoms with van der Waals surface area (Å²) in [5.74, 6) is -0.705. The molecule has 2 rings (SSSR count). The predicted octanol–water partition coefficient (Wildman–Crippen LogP) is 4.01. The second kappa shape index (κ2) is 4.82. The summed E-state index contributed by atoms with van der Waals surface area (Å²) < 4.78 is 12.9. The summed E-state index contributed by atoms with van der Waals surface area (Å²) in [6, 6.07) is 7.49. The SMILES string of the molecule is O=Cc1nc(F)ccc1-c1cc(Cl)cc(Cl)c1. The van der Waals surface area contributed by atoms with Crippen LogP contribution in [0.2, 0.25) is 10.0 Å². The van der Waals surface area contributed by atoms with E-state index in [1.807, 2.05) is 0 Å². The van der Waals surface area contributed by atoms with E-state index >= 15 is 0 Å². The van der Waals surface area contributed by atoms with Gasteiger partial charge in [-0.2, -0.15) is 4.39 Å². The van der Waals surface area contributed by atoms with Crippen LogP contribution in [0.25, 0.3) is 11.1 Å². The minimum absolute atomic E-state index is 0.0170. The zero-order chi connectivity index (χ0) is 12.4. The molecule has 0 aliphatic rings. The lowest BCUT2D eigenvalue weighted by Crippen LogP contribution is -1.95. The number of pyridine rings is 1. The Hall–Kier alpha value is -1.45. The Kier molecular flexibility index (Phi) is 3.41. The first-order chi connectivity index (χ1) is 8.10. The number of hydrogen-bond donors (Lipinski definition) is 0. The molecule has 0 fully saturated rings. The van der Waals surface area contributed by atoms with E-state index in [2.05, 4.69) is 4.98 Å². The van der Waals surface area contributed by atoms with E-state index in [0.717, 1.165) is 0 Å². The quantitative estimate of drug-likeness (QED) is 0.609. The molecule has 0 aliphatic heterocycles. The molecule has 0 radical (unpaired) electrons. The van der Waals surface area contributed by atoms with Gasteiger partial charge in [0.25, 0.3) is 0 Å². The molecule has 1 heterocycles. The van der Waals surface area contributed by atoms with Crippen LogP contribution in [0.3, 0.4) is 0 Å². The van der Waals surface area contributed by atoms with Crippen molar-refractivity contribution >= 4 is 29.5 Å². The summed E-state index contributed by atoms with van der Waals surface area (Å²) >= 11 is 11.7. The van der Waals surface area contributed by atoms with Crippen LogP contribution in [0.15, 0.2) is 30.3 Å². The van der Waals surface area contributed by atoms with Crippen molar-refractivity contribution < 1.29 is 9.18 Å². The third-order valence-electron chi connectivity index (χ3n) is 2.18. The zero-order valence-electron chi connectivity index (χ0n) is 8.45. The molecular weight excluding hydrogens is 264 g/mol. The van der Waals surface area contributed by atoms with Crippen LogP contribution in [0.4, 0.5) is 4.39 Å².